The van der Waals surface area contributed by atoms with Gasteiger partial charge < -0.3 is 89.9 Å². The van der Waals surface area contributed by atoms with Crippen LogP contribution < -0.4 is 5.32 Å². The number of amides is 1. The number of unbranched alkanes of at least 4 members (excludes halogenated alkanes) is 27. The molecule has 0 aromatic heterocycles. The Kier molecular flexibility index (Phi) is 58.1. The van der Waals surface area contributed by atoms with Gasteiger partial charge in [0.15, 0.2) is 18.9 Å². The lowest BCUT2D eigenvalue weighted by Crippen LogP contribution is -2.66. The van der Waals surface area contributed by atoms with Gasteiger partial charge in [-0.1, -0.05) is 302 Å². The zero-order valence-corrected chi connectivity index (χ0v) is 64.0. The van der Waals surface area contributed by atoms with Crippen LogP contribution in [0, 0.1) is 0 Å². The van der Waals surface area contributed by atoms with Crippen molar-refractivity contribution in [1.29, 1.82) is 0 Å². The highest BCUT2D eigenvalue weighted by Crippen LogP contribution is 2.33. The van der Waals surface area contributed by atoms with E-state index in [0.29, 0.717) is 12.8 Å². The van der Waals surface area contributed by atoms with Crippen molar-refractivity contribution < 1.29 is 89.4 Å². The summed E-state index contributed by atoms with van der Waals surface area (Å²) in [6.45, 7) is 1.69. The van der Waals surface area contributed by atoms with Gasteiger partial charge >= 0.3 is 0 Å². The van der Waals surface area contributed by atoms with E-state index in [0.717, 1.165) is 128 Å². The van der Waals surface area contributed by atoms with Crippen molar-refractivity contribution in [3.63, 3.8) is 0 Å². The van der Waals surface area contributed by atoms with E-state index in [9.17, 15) is 61.0 Å². The number of aliphatic hydroxyl groups is 11. The van der Waals surface area contributed by atoms with Gasteiger partial charge in [-0.15, -0.1) is 0 Å². The van der Waals surface area contributed by atoms with Crippen molar-refractivity contribution in [3.8, 4) is 0 Å². The zero-order chi connectivity index (χ0) is 75.3. The maximum absolute atomic E-state index is 13.5. The van der Waals surface area contributed by atoms with E-state index in [1.54, 1.807) is 0 Å². The Morgan fingerprint density at radius 1 is 0.356 bits per heavy atom. The topological polar surface area (TPSA) is 307 Å². The van der Waals surface area contributed by atoms with E-state index in [1.165, 1.54) is 116 Å². The lowest BCUT2D eigenvalue weighted by molar-refractivity contribution is -0.379. The summed E-state index contributed by atoms with van der Waals surface area (Å²) in [4.78, 5) is 13.5. The van der Waals surface area contributed by atoms with Crippen LogP contribution in [0.3, 0.4) is 0 Å². The molecule has 104 heavy (non-hydrogen) atoms. The summed E-state index contributed by atoms with van der Waals surface area (Å²) in [5, 5.41) is 121. The van der Waals surface area contributed by atoms with E-state index < -0.39 is 124 Å². The molecule has 0 radical (unpaired) electrons. The number of hydrogen-bond donors (Lipinski definition) is 12. The van der Waals surface area contributed by atoms with Crippen LogP contribution in [0.2, 0.25) is 0 Å². The molecule has 3 heterocycles. The van der Waals surface area contributed by atoms with Crippen LogP contribution in [-0.2, 0) is 33.2 Å². The van der Waals surface area contributed by atoms with Crippen LogP contribution in [0.4, 0.5) is 0 Å². The molecular weight excluding hydrogens is 1320 g/mol. The van der Waals surface area contributed by atoms with E-state index >= 15 is 0 Å². The predicted molar refractivity (Wildman–Crippen MR) is 415 cm³/mol. The van der Waals surface area contributed by atoms with Gasteiger partial charge in [-0.05, 0) is 89.9 Å². The molecule has 17 atom stereocenters. The molecule has 0 bridgehead atoms. The van der Waals surface area contributed by atoms with Crippen molar-refractivity contribution in [2.75, 3.05) is 26.4 Å². The van der Waals surface area contributed by atoms with Crippen molar-refractivity contribution >= 4 is 5.91 Å². The molecular formula is C85H145NO18. The second-order valence-electron chi connectivity index (χ2n) is 28.5. The molecule has 3 aliphatic rings. The highest BCUT2D eigenvalue weighted by Gasteiger charge is 2.54. The van der Waals surface area contributed by atoms with E-state index in [2.05, 4.69) is 141 Å². The highest BCUT2D eigenvalue weighted by molar-refractivity contribution is 5.76. The number of hydrogen-bond acceptors (Lipinski definition) is 18. The summed E-state index contributed by atoms with van der Waals surface area (Å²) in [6.07, 6.45) is 62.7. The highest BCUT2D eigenvalue weighted by atomic mass is 16.8. The van der Waals surface area contributed by atoms with Gasteiger partial charge in [0, 0.05) is 6.42 Å². The molecule has 3 aliphatic heterocycles. The van der Waals surface area contributed by atoms with Gasteiger partial charge in [-0.25, -0.2) is 0 Å². The molecule has 3 rings (SSSR count). The third kappa shape index (κ3) is 43.4. The number of ether oxygens (including phenoxy) is 6. The van der Waals surface area contributed by atoms with Crippen LogP contribution >= 0.6 is 0 Å². The fraction of sp³-hybridized carbons (Fsp3) is 0.753. The molecule has 19 heteroatoms. The SMILES string of the molecule is CC/C=C\C/C=C\C/C=C\C/C=C\C/C=C\C/C=C\C/C=C\C/C=C\C/C=C\C/C=C\CCCCCCCCC(=O)NC(COC1OC(CO)C(OC2OC(CO)C(OC3OC(CO)C(O)C(O)C3O)C(O)C2O)C(O)C1O)C(O)CCCCCCCCCCCCCCCCCCCCCCCC. The third-order valence-electron chi connectivity index (χ3n) is 19.6. The molecule has 0 aromatic carbocycles. The number of allylic oxidation sites excluding steroid dienone is 20. The van der Waals surface area contributed by atoms with E-state index in [1.807, 2.05) is 0 Å². The van der Waals surface area contributed by atoms with Gasteiger partial charge in [0.1, 0.15) is 73.2 Å². The quantitative estimate of drug-likeness (QED) is 0.0199. The molecule has 598 valence electrons. The third-order valence-corrected chi connectivity index (χ3v) is 19.6. The van der Waals surface area contributed by atoms with E-state index in [-0.39, 0.29) is 18.9 Å². The van der Waals surface area contributed by atoms with Gasteiger partial charge in [0.25, 0.3) is 0 Å². The van der Waals surface area contributed by atoms with Crippen molar-refractivity contribution in [2.45, 2.75) is 381 Å². The first-order chi connectivity index (χ1) is 50.8. The average molecular weight is 1470 g/mol. The van der Waals surface area contributed by atoms with Crippen LogP contribution in [0.15, 0.2) is 122 Å². The normalized spacial score (nSPS) is 26.6. The Hall–Kier alpha value is -3.81. The lowest BCUT2D eigenvalue weighted by atomic mass is 9.96. The minimum Gasteiger partial charge on any atom is -0.394 e. The Morgan fingerprint density at radius 2 is 0.663 bits per heavy atom. The Balaban J connectivity index is 1.37. The number of carbonyl (C=O) groups excluding carboxylic acids is 1. The van der Waals surface area contributed by atoms with Crippen molar-refractivity contribution in [3.05, 3.63) is 122 Å². The van der Waals surface area contributed by atoms with Gasteiger partial charge in [0.2, 0.25) is 5.91 Å². The molecule has 12 N–H and O–H groups in total. The van der Waals surface area contributed by atoms with Crippen LogP contribution in [0.1, 0.15) is 277 Å². The fourth-order valence-corrected chi connectivity index (χ4v) is 13.0. The largest absolute Gasteiger partial charge is 0.394 e. The summed E-state index contributed by atoms with van der Waals surface area (Å²) in [6, 6.07) is -0.906. The second-order valence-corrected chi connectivity index (χ2v) is 28.5. The van der Waals surface area contributed by atoms with Crippen molar-refractivity contribution in [1.82, 2.24) is 5.32 Å². The standard InChI is InChI=1S/C85H145NO18/c1-3-5-7-9-11-13-15-17-19-21-23-25-27-28-29-30-31-32-33-34-35-36-37-38-39-40-41-43-45-47-49-51-53-55-57-59-61-63-73(91)86-68(69(90)62-60-58-56-54-52-50-48-46-44-42-26-24-22-20-18-16-14-12-10-8-6-4-2)67-99-83-79(97)76(94)81(71(65-88)101-83)104-85-80(98)77(95)82(72(66-89)102-85)103-84-78(96)75(93)74(92)70(64-87)100-84/h5,7,11,13,17,19,23,25,28-29,31-32,34-35,37-38,40-41,45,47,68-72,74-85,87-90,92-98H,3-4,6,8-10,12,14-16,18,20-22,24,26-27,30,33,36,39,42-44,46,48-67H2,1-2H3,(H,86,91)/b7-5-,13-11-,19-17-,25-23-,29-28-,32-31-,35-34-,38-37-,41-40-,47-45-. The second kappa shape index (κ2) is 64.1. The predicted octanol–water partition coefficient (Wildman–Crippen LogP) is 13.9. The van der Waals surface area contributed by atoms with Gasteiger partial charge in [0.05, 0.1) is 38.6 Å². The first kappa shape index (κ1) is 94.4. The Labute approximate surface area is 627 Å². The fourth-order valence-electron chi connectivity index (χ4n) is 13.0. The smallest absolute Gasteiger partial charge is 0.220 e. The Morgan fingerprint density at radius 3 is 1.04 bits per heavy atom. The maximum atomic E-state index is 13.5. The first-order valence-corrected chi connectivity index (χ1v) is 40.8. The summed E-state index contributed by atoms with van der Waals surface area (Å²) < 4.78 is 34.5. The van der Waals surface area contributed by atoms with Crippen molar-refractivity contribution in [2.24, 2.45) is 0 Å². The number of rotatable bonds is 63. The minimum absolute atomic E-state index is 0.242. The molecule has 3 saturated heterocycles. The lowest BCUT2D eigenvalue weighted by Gasteiger charge is -2.48. The zero-order valence-electron chi connectivity index (χ0n) is 64.0. The molecule has 1 amide bonds. The van der Waals surface area contributed by atoms with Gasteiger partial charge in [-0.2, -0.15) is 0 Å². The summed E-state index contributed by atoms with van der Waals surface area (Å²) in [7, 11) is 0. The maximum Gasteiger partial charge on any atom is 0.220 e. The molecule has 3 fully saturated rings. The summed E-state index contributed by atoms with van der Waals surface area (Å²) in [5.41, 5.74) is 0. The van der Waals surface area contributed by atoms with Crippen LogP contribution in [0.25, 0.3) is 0 Å². The molecule has 0 aromatic rings. The average Bonchev–Trinajstić information content (AvgIpc) is 0.783. The van der Waals surface area contributed by atoms with E-state index in [4.69, 9.17) is 28.4 Å². The number of carbonyl (C=O) groups is 1. The number of nitrogens with one attached hydrogen (secondary N) is 1. The first-order valence-electron chi connectivity index (χ1n) is 40.8. The number of aliphatic hydroxyl groups excluding tert-OH is 11. The van der Waals surface area contributed by atoms with Gasteiger partial charge in [-0.3, -0.25) is 4.79 Å². The monoisotopic (exact) mass is 1470 g/mol. The molecule has 0 aliphatic carbocycles. The molecule has 0 spiro atoms. The summed E-state index contributed by atoms with van der Waals surface area (Å²) in [5.74, 6) is -0.260. The molecule has 19 nitrogen and oxygen atoms in total. The Bertz CT molecular complexity index is 2350. The molecule has 17 unspecified atom stereocenters. The summed E-state index contributed by atoms with van der Waals surface area (Å²) >= 11 is 0. The van der Waals surface area contributed by atoms with Crippen LogP contribution in [-0.4, -0.2) is 193 Å². The van der Waals surface area contributed by atoms with Crippen LogP contribution in [0.5, 0.6) is 0 Å². The molecule has 0 saturated carbocycles. The minimum atomic E-state index is -1.98.